The molecule has 2 N–H and O–H groups in total. The Morgan fingerprint density at radius 2 is 0.966 bits per heavy atom. The van der Waals surface area contributed by atoms with Crippen molar-refractivity contribution in [1.82, 2.24) is 0 Å². The van der Waals surface area contributed by atoms with Crippen molar-refractivity contribution in [3.8, 4) is 0 Å². The number of aliphatic hydroxyl groups excluding tert-OH is 2. The molecule has 0 heterocycles. The monoisotopic (exact) mass is 474 g/mol. The molecule has 4 nitrogen and oxygen atoms in total. The van der Waals surface area contributed by atoms with Crippen LogP contribution in [0.5, 0.6) is 0 Å². The van der Waals surface area contributed by atoms with Crippen molar-refractivity contribution < 1.29 is 27.2 Å². The first-order valence-electron chi connectivity index (χ1n) is 9.62. The Hall–Kier alpha value is -0.746. The minimum atomic E-state index is -0.556. The zero-order valence-corrected chi connectivity index (χ0v) is 20.6. The van der Waals surface area contributed by atoms with E-state index in [1.54, 1.807) is 13.8 Å². The third-order valence-electron chi connectivity index (χ3n) is 3.62. The van der Waals surface area contributed by atoms with E-state index in [9.17, 15) is 0 Å². The summed E-state index contributed by atoms with van der Waals surface area (Å²) in [5.74, 6) is 0. The molecule has 0 aliphatic carbocycles. The van der Waals surface area contributed by atoms with Crippen LogP contribution < -0.4 is 0 Å². The molecule has 0 radical (unpaired) electrons. The second-order valence-electron chi connectivity index (χ2n) is 6.87. The van der Waals surface area contributed by atoms with Crippen molar-refractivity contribution in [2.24, 2.45) is 0 Å². The van der Waals surface area contributed by atoms with Crippen LogP contribution in [0.2, 0.25) is 0 Å². The van der Waals surface area contributed by atoms with Gasteiger partial charge in [0.05, 0.1) is 0 Å². The Morgan fingerprint density at radius 1 is 0.690 bits per heavy atom. The number of nitrogens with zero attached hydrogens (tertiary/aromatic N) is 2. The third kappa shape index (κ3) is 17.8. The summed E-state index contributed by atoms with van der Waals surface area (Å²) in [6.07, 6.45) is 0.883. The van der Waals surface area contributed by atoms with Gasteiger partial charge in [-0.25, -0.2) is 0 Å². The molecule has 0 saturated carbocycles. The van der Waals surface area contributed by atoms with Crippen LogP contribution in [0.4, 0.5) is 11.4 Å². The fourth-order valence-electron chi connectivity index (χ4n) is 2.63. The van der Waals surface area contributed by atoms with Crippen molar-refractivity contribution in [2.75, 3.05) is 0 Å². The Labute approximate surface area is 192 Å². The van der Waals surface area contributed by atoms with Gasteiger partial charge in [-0.1, -0.05) is 74.5 Å². The van der Waals surface area contributed by atoms with Gasteiger partial charge in [0.2, 0.25) is 0 Å². The van der Waals surface area contributed by atoms with Crippen LogP contribution in [0, 0.1) is 0 Å². The van der Waals surface area contributed by atoms with Gasteiger partial charge in [0.15, 0.2) is 0 Å². The van der Waals surface area contributed by atoms with Crippen LogP contribution in [0.15, 0.2) is 60.7 Å². The van der Waals surface area contributed by atoms with Crippen molar-refractivity contribution in [2.45, 2.75) is 64.8 Å². The second-order valence-corrected chi connectivity index (χ2v) is 9.45. The first-order valence-corrected chi connectivity index (χ1v) is 13.9. The number of benzene rings is 2. The molecule has 0 aliphatic rings. The molecule has 0 fully saturated rings. The molecule has 0 aromatic heterocycles. The van der Waals surface area contributed by atoms with Crippen LogP contribution in [0.25, 0.3) is 10.6 Å². The molecule has 29 heavy (non-hydrogen) atoms. The van der Waals surface area contributed by atoms with Gasteiger partial charge in [-0.3, -0.25) is 0 Å². The molecule has 4 unspecified atom stereocenters. The van der Waals surface area contributed by atoms with Gasteiger partial charge in [-0.15, -0.1) is 23.5 Å². The van der Waals surface area contributed by atoms with E-state index in [-0.39, 0.29) is 24.3 Å². The van der Waals surface area contributed by atoms with E-state index in [2.05, 4.69) is 10.6 Å². The number of halogens is 2. The molecule has 2 rings (SSSR count). The van der Waals surface area contributed by atoms with E-state index in [0.29, 0.717) is 0 Å². The van der Waals surface area contributed by atoms with Gasteiger partial charge in [0.1, 0.15) is 0 Å². The first kappa shape index (κ1) is 28.3. The molecule has 0 spiro atoms. The molecule has 0 aliphatic heterocycles. The summed E-state index contributed by atoms with van der Waals surface area (Å²) in [5.41, 5.74) is 1.96. The summed E-state index contributed by atoms with van der Waals surface area (Å²) in [7, 11) is 9.78. The maximum absolute atomic E-state index is 9.14. The average Bonchev–Trinajstić information content (AvgIpc) is 2.63. The first-order chi connectivity index (χ1) is 13.8. The van der Waals surface area contributed by atoms with E-state index >= 15 is 0 Å². The summed E-state index contributed by atoms with van der Waals surface area (Å²) >= 11 is -0.556. The maximum atomic E-state index is 9.14. The molecule has 162 valence electrons. The van der Waals surface area contributed by atoms with Gasteiger partial charge < -0.3 is 20.8 Å². The van der Waals surface area contributed by atoms with E-state index in [4.69, 9.17) is 28.8 Å². The second kappa shape index (κ2) is 18.1. The number of aliphatic hydroxyl groups is 2. The molecule has 2 aromatic carbocycles. The number of rotatable bonds is 8. The van der Waals surface area contributed by atoms with E-state index in [1.165, 1.54) is 0 Å². The van der Waals surface area contributed by atoms with E-state index in [0.717, 1.165) is 24.2 Å². The molecule has 0 amide bonds. The molecule has 0 saturated heterocycles. The van der Waals surface area contributed by atoms with Crippen LogP contribution in [0.3, 0.4) is 0 Å². The summed E-state index contributed by atoms with van der Waals surface area (Å²) in [6.45, 7) is 7.60. The van der Waals surface area contributed by atoms with Crippen LogP contribution >= 0.6 is 18.6 Å². The van der Waals surface area contributed by atoms with E-state index < -0.39 is 17.0 Å². The van der Waals surface area contributed by atoms with Crippen molar-refractivity contribution in [3.05, 3.63) is 71.3 Å². The number of para-hydroxylation sites is 2. The topological polar surface area (TPSA) is 68.7 Å². The molecule has 7 heteroatoms. The summed E-state index contributed by atoms with van der Waals surface area (Å²) in [6, 6.07) is 20.1. The Morgan fingerprint density at radius 3 is 1.21 bits per heavy atom. The predicted molar refractivity (Wildman–Crippen MR) is 122 cm³/mol. The standard InChI is InChI=1S/2C11H16NO.2ClH.Ti/c2*1-9(8-10(2)13)12-11-6-4-3-5-7-11;;;/h2*3-7,9-10,13H,8H2,1-2H3;2*1H;/q2*-1;;;+2/p-2. The Kier molecular flexibility index (Phi) is 17.6. The quantitative estimate of drug-likeness (QED) is 0.401. The SMILES string of the molecule is CC(O)CC(C)[N-]c1ccccc1.CC(O)CC(C)[N-]c1ccccc1.[Cl][Ti][Cl]. The number of hydrogen-bond acceptors (Lipinski definition) is 2. The Balaban J connectivity index is 0.000000477. The molecular weight excluding hydrogens is 443 g/mol. The molecule has 0 bridgehead atoms. The zero-order chi connectivity index (χ0) is 22.1. The van der Waals surface area contributed by atoms with Gasteiger partial charge in [0, 0.05) is 12.2 Å². The summed E-state index contributed by atoms with van der Waals surface area (Å²) in [5, 5.41) is 27.2. The van der Waals surface area contributed by atoms with Gasteiger partial charge >= 0.3 is 35.6 Å². The van der Waals surface area contributed by atoms with Crippen molar-refractivity contribution in [1.29, 1.82) is 0 Å². The molecular formula is C22H32Cl2N2O2Ti-2. The summed E-state index contributed by atoms with van der Waals surface area (Å²) < 4.78 is 0. The van der Waals surface area contributed by atoms with Crippen LogP contribution in [-0.2, 0) is 17.0 Å². The van der Waals surface area contributed by atoms with Gasteiger partial charge in [0.25, 0.3) is 0 Å². The van der Waals surface area contributed by atoms with Crippen molar-refractivity contribution in [3.63, 3.8) is 0 Å². The van der Waals surface area contributed by atoms with Crippen LogP contribution in [-0.4, -0.2) is 34.5 Å². The fraction of sp³-hybridized carbons (Fsp3) is 0.455. The third-order valence-corrected chi connectivity index (χ3v) is 3.62. The van der Waals surface area contributed by atoms with Gasteiger partial charge in [-0.2, -0.15) is 0 Å². The minimum absolute atomic E-state index is 0.183. The van der Waals surface area contributed by atoms with E-state index in [1.807, 2.05) is 74.5 Å². The Bertz CT molecular complexity index is 551. The number of hydrogen-bond donors (Lipinski definition) is 2. The van der Waals surface area contributed by atoms with Crippen molar-refractivity contribution >= 4 is 30.0 Å². The summed E-state index contributed by atoms with van der Waals surface area (Å²) in [4.78, 5) is 0. The zero-order valence-electron chi connectivity index (χ0n) is 17.5. The predicted octanol–water partition coefficient (Wildman–Crippen LogP) is 7.08. The molecule has 4 atom stereocenters. The fourth-order valence-corrected chi connectivity index (χ4v) is 2.63. The van der Waals surface area contributed by atoms with Gasteiger partial charge in [-0.05, 0) is 26.7 Å². The molecule has 2 aromatic rings. The van der Waals surface area contributed by atoms with Crippen LogP contribution in [0.1, 0.15) is 40.5 Å². The average molecular weight is 475 g/mol. The normalized spacial score (nSPS) is 13.9.